The standard InChI is InChI=1S/C21H25FN2O4S.ClH/c1-3-24-12-6-7-17(14-24)28-21(25)18-8-4-5-9-19(18)23-29(26,27)20-11-10-16(22)13-15(20)2;/h4-5,8-11,13,17,23H,3,6-7,12,14H2,1-2H3;1H. The molecule has 1 aliphatic rings. The number of esters is 1. The Labute approximate surface area is 182 Å². The van der Waals surface area contributed by atoms with Crippen LogP contribution in [0.5, 0.6) is 0 Å². The second kappa shape index (κ2) is 10.2. The van der Waals surface area contributed by atoms with Crippen molar-refractivity contribution in [2.75, 3.05) is 24.4 Å². The topological polar surface area (TPSA) is 75.7 Å². The van der Waals surface area contributed by atoms with E-state index in [1.807, 2.05) is 0 Å². The maximum Gasteiger partial charge on any atom is 0.340 e. The Bertz CT molecular complexity index is 1000. The number of benzene rings is 2. The smallest absolute Gasteiger partial charge is 0.340 e. The van der Waals surface area contributed by atoms with Gasteiger partial charge in [-0.3, -0.25) is 9.62 Å². The predicted octanol–water partition coefficient (Wildman–Crippen LogP) is 4.00. The Morgan fingerprint density at radius 1 is 1.27 bits per heavy atom. The van der Waals surface area contributed by atoms with Crippen LogP contribution in [0.4, 0.5) is 10.1 Å². The zero-order valence-electron chi connectivity index (χ0n) is 16.9. The molecule has 0 aromatic heterocycles. The minimum absolute atomic E-state index is 0. The van der Waals surface area contributed by atoms with Gasteiger partial charge in [0.05, 0.1) is 16.1 Å². The lowest BCUT2D eigenvalue weighted by Gasteiger charge is -2.31. The number of rotatable bonds is 6. The summed E-state index contributed by atoms with van der Waals surface area (Å²) in [5, 5.41) is 0. The van der Waals surface area contributed by atoms with Crippen molar-refractivity contribution in [1.82, 2.24) is 4.90 Å². The van der Waals surface area contributed by atoms with Crippen molar-refractivity contribution in [3.8, 4) is 0 Å². The summed E-state index contributed by atoms with van der Waals surface area (Å²) in [7, 11) is -4.00. The fourth-order valence-corrected chi connectivity index (χ4v) is 4.78. The summed E-state index contributed by atoms with van der Waals surface area (Å²) in [6, 6.07) is 9.75. The maximum atomic E-state index is 13.3. The van der Waals surface area contributed by atoms with E-state index >= 15 is 0 Å². The number of anilines is 1. The summed E-state index contributed by atoms with van der Waals surface area (Å²) in [5.74, 6) is -1.08. The van der Waals surface area contributed by atoms with Gasteiger partial charge in [0.2, 0.25) is 0 Å². The van der Waals surface area contributed by atoms with Crippen molar-refractivity contribution in [2.24, 2.45) is 0 Å². The number of sulfonamides is 1. The van der Waals surface area contributed by atoms with Gasteiger partial charge in [-0.05, 0) is 68.8 Å². The number of nitrogens with one attached hydrogen (secondary N) is 1. The Balaban J connectivity index is 0.00000320. The van der Waals surface area contributed by atoms with E-state index in [0.717, 1.165) is 38.1 Å². The van der Waals surface area contributed by atoms with Gasteiger partial charge < -0.3 is 4.74 Å². The van der Waals surface area contributed by atoms with E-state index in [9.17, 15) is 17.6 Å². The summed E-state index contributed by atoms with van der Waals surface area (Å²) in [4.78, 5) is 14.9. The maximum absolute atomic E-state index is 13.3. The highest BCUT2D eigenvalue weighted by Gasteiger charge is 2.25. The lowest BCUT2D eigenvalue weighted by molar-refractivity contribution is 0.00785. The first-order valence-corrected chi connectivity index (χ1v) is 11.1. The van der Waals surface area contributed by atoms with E-state index in [1.165, 1.54) is 25.1 Å². The van der Waals surface area contributed by atoms with Crippen LogP contribution in [0.25, 0.3) is 0 Å². The molecule has 30 heavy (non-hydrogen) atoms. The van der Waals surface area contributed by atoms with Crippen LogP contribution in [0.2, 0.25) is 0 Å². The molecule has 1 atom stereocenters. The second-order valence-corrected chi connectivity index (χ2v) is 8.77. The van der Waals surface area contributed by atoms with E-state index in [2.05, 4.69) is 16.5 Å². The number of carbonyl (C=O) groups excluding carboxylic acids is 1. The highest BCUT2D eigenvalue weighted by atomic mass is 35.5. The average molecular weight is 457 g/mol. The molecule has 1 aliphatic heterocycles. The molecule has 0 radical (unpaired) electrons. The number of likely N-dealkylation sites (tertiary alicyclic amines) is 1. The van der Waals surface area contributed by atoms with Gasteiger partial charge in [0, 0.05) is 6.54 Å². The molecule has 1 saturated heterocycles. The lowest BCUT2D eigenvalue weighted by Crippen LogP contribution is -2.40. The number of piperidine rings is 1. The van der Waals surface area contributed by atoms with Crippen molar-refractivity contribution < 1.29 is 22.3 Å². The van der Waals surface area contributed by atoms with Gasteiger partial charge in [-0.1, -0.05) is 19.1 Å². The van der Waals surface area contributed by atoms with Gasteiger partial charge in [0.15, 0.2) is 0 Å². The van der Waals surface area contributed by atoms with Crippen LogP contribution < -0.4 is 4.72 Å². The Morgan fingerprint density at radius 2 is 2.00 bits per heavy atom. The van der Waals surface area contributed by atoms with Gasteiger partial charge in [-0.15, -0.1) is 12.4 Å². The van der Waals surface area contributed by atoms with Crippen molar-refractivity contribution in [3.63, 3.8) is 0 Å². The minimum Gasteiger partial charge on any atom is -0.457 e. The monoisotopic (exact) mass is 456 g/mol. The molecule has 6 nitrogen and oxygen atoms in total. The molecule has 2 aromatic carbocycles. The number of carbonyl (C=O) groups is 1. The number of ether oxygens (including phenoxy) is 1. The van der Waals surface area contributed by atoms with Crippen LogP contribution in [0.3, 0.4) is 0 Å². The number of hydrogen-bond acceptors (Lipinski definition) is 5. The molecule has 3 rings (SSSR count). The molecule has 0 saturated carbocycles. The lowest BCUT2D eigenvalue weighted by atomic mass is 10.1. The number of aryl methyl sites for hydroxylation is 1. The molecular weight excluding hydrogens is 431 g/mol. The fourth-order valence-electron chi connectivity index (χ4n) is 3.48. The molecule has 2 aromatic rings. The molecule has 9 heteroatoms. The van der Waals surface area contributed by atoms with Crippen molar-refractivity contribution in [2.45, 2.75) is 37.7 Å². The zero-order chi connectivity index (χ0) is 21.0. The van der Waals surface area contributed by atoms with E-state index in [0.29, 0.717) is 6.54 Å². The largest absolute Gasteiger partial charge is 0.457 e. The molecule has 1 fully saturated rings. The molecular formula is C21H26ClFN2O4S. The molecule has 0 amide bonds. The SMILES string of the molecule is CCN1CCCC(OC(=O)c2ccccc2NS(=O)(=O)c2ccc(F)cc2C)C1.Cl. The number of para-hydroxylation sites is 1. The van der Waals surface area contributed by atoms with Crippen molar-refractivity contribution in [3.05, 3.63) is 59.4 Å². The fraction of sp³-hybridized carbons (Fsp3) is 0.381. The third-order valence-corrected chi connectivity index (χ3v) is 6.53. The average Bonchev–Trinajstić information content (AvgIpc) is 2.67. The van der Waals surface area contributed by atoms with E-state index < -0.39 is 21.8 Å². The van der Waals surface area contributed by atoms with Gasteiger partial charge in [0.25, 0.3) is 10.0 Å². The summed E-state index contributed by atoms with van der Waals surface area (Å²) >= 11 is 0. The van der Waals surface area contributed by atoms with Gasteiger partial charge in [0.1, 0.15) is 11.9 Å². The third kappa shape index (κ3) is 5.71. The normalized spacial score (nSPS) is 17.1. The Kier molecular flexibility index (Phi) is 8.23. The zero-order valence-corrected chi connectivity index (χ0v) is 18.6. The van der Waals surface area contributed by atoms with E-state index in [-0.39, 0.29) is 40.2 Å². The van der Waals surface area contributed by atoms with Gasteiger partial charge in [-0.25, -0.2) is 17.6 Å². The van der Waals surface area contributed by atoms with Crippen LogP contribution in [0, 0.1) is 12.7 Å². The summed E-state index contributed by atoms with van der Waals surface area (Å²) in [6.07, 6.45) is 1.51. The molecule has 1 unspecified atom stereocenters. The molecule has 164 valence electrons. The molecule has 1 heterocycles. The van der Waals surface area contributed by atoms with Crippen LogP contribution in [0.15, 0.2) is 47.4 Å². The van der Waals surface area contributed by atoms with Gasteiger partial charge in [-0.2, -0.15) is 0 Å². The first kappa shape index (κ1) is 24.1. The minimum atomic E-state index is -4.00. The second-order valence-electron chi connectivity index (χ2n) is 7.12. The summed E-state index contributed by atoms with van der Waals surface area (Å²) in [5.41, 5.74) is 0.549. The highest BCUT2D eigenvalue weighted by molar-refractivity contribution is 7.92. The Hall–Kier alpha value is -2.16. The Morgan fingerprint density at radius 3 is 2.70 bits per heavy atom. The van der Waals surface area contributed by atoms with Crippen LogP contribution in [-0.2, 0) is 14.8 Å². The van der Waals surface area contributed by atoms with Crippen molar-refractivity contribution >= 4 is 34.1 Å². The number of hydrogen-bond donors (Lipinski definition) is 1. The summed E-state index contributed by atoms with van der Waals surface area (Å²) in [6.45, 7) is 6.12. The van der Waals surface area contributed by atoms with E-state index in [4.69, 9.17) is 4.74 Å². The predicted molar refractivity (Wildman–Crippen MR) is 116 cm³/mol. The molecule has 0 spiro atoms. The number of halogens is 2. The molecule has 0 aliphatic carbocycles. The van der Waals surface area contributed by atoms with Crippen molar-refractivity contribution in [1.29, 1.82) is 0 Å². The van der Waals surface area contributed by atoms with E-state index in [1.54, 1.807) is 12.1 Å². The quantitative estimate of drug-likeness (QED) is 0.665. The van der Waals surface area contributed by atoms with Crippen LogP contribution in [-0.4, -0.2) is 45.0 Å². The molecule has 0 bridgehead atoms. The third-order valence-electron chi connectivity index (χ3n) is 5.00. The number of likely N-dealkylation sites (N-methyl/N-ethyl adjacent to an activating group) is 1. The highest BCUT2D eigenvalue weighted by Crippen LogP contribution is 2.24. The summed E-state index contributed by atoms with van der Waals surface area (Å²) < 4.78 is 47.0. The van der Waals surface area contributed by atoms with Gasteiger partial charge >= 0.3 is 5.97 Å². The van der Waals surface area contributed by atoms with Crippen LogP contribution in [0.1, 0.15) is 35.7 Å². The number of nitrogens with zero attached hydrogens (tertiary/aromatic N) is 1. The van der Waals surface area contributed by atoms with Crippen LogP contribution >= 0.6 is 12.4 Å². The first-order valence-electron chi connectivity index (χ1n) is 9.61. The molecule has 1 N–H and O–H groups in total. The first-order chi connectivity index (χ1) is 13.8.